The molecule has 2 aliphatic heterocycles. The lowest BCUT2D eigenvalue weighted by molar-refractivity contribution is -0.123. The zero-order valence-electron chi connectivity index (χ0n) is 18.8. The number of rotatable bonds is 7. The van der Waals surface area contributed by atoms with Crippen LogP contribution in [-0.2, 0) is 14.4 Å². The average Bonchev–Trinajstić information content (AvgIpc) is 3.32. The predicted octanol–water partition coefficient (Wildman–Crippen LogP) is 2.76. The van der Waals surface area contributed by atoms with Crippen LogP contribution in [-0.4, -0.2) is 55.6 Å². The Morgan fingerprint density at radius 2 is 1.73 bits per heavy atom. The van der Waals surface area contributed by atoms with Gasteiger partial charge in [-0.1, -0.05) is 31.2 Å². The molecule has 3 amide bonds. The quantitative estimate of drug-likeness (QED) is 0.648. The molecule has 172 valence electrons. The van der Waals surface area contributed by atoms with Crippen molar-refractivity contribution in [3.8, 4) is 11.5 Å². The Balaban J connectivity index is 1.47. The van der Waals surface area contributed by atoms with Gasteiger partial charge in [-0.3, -0.25) is 19.4 Å². The van der Waals surface area contributed by atoms with Crippen molar-refractivity contribution in [2.45, 2.75) is 31.8 Å². The number of fused-ring (bicyclic) bond motifs is 1. The van der Waals surface area contributed by atoms with Gasteiger partial charge in [0.1, 0.15) is 6.54 Å². The predicted molar refractivity (Wildman–Crippen MR) is 120 cm³/mol. The lowest BCUT2D eigenvalue weighted by atomic mass is 10.0. The SMILES string of the molecule is COc1ccc(N2C(=O)[C@H]3N=NN(CC(=O)Nc4ccc(C(C)C)cc4)[C@@H]3C2=O)cc1OC. The normalized spacial score (nSPS) is 19.3. The average molecular weight is 451 g/mol. The zero-order chi connectivity index (χ0) is 23.7. The molecule has 0 bridgehead atoms. The Morgan fingerprint density at radius 1 is 1.03 bits per heavy atom. The molecule has 33 heavy (non-hydrogen) atoms. The summed E-state index contributed by atoms with van der Waals surface area (Å²) in [5.41, 5.74) is 2.13. The lowest BCUT2D eigenvalue weighted by Gasteiger charge is -2.20. The number of nitrogens with zero attached hydrogens (tertiary/aromatic N) is 4. The third-order valence-electron chi connectivity index (χ3n) is 5.65. The molecule has 0 aromatic heterocycles. The monoisotopic (exact) mass is 451 g/mol. The first-order chi connectivity index (χ1) is 15.8. The van der Waals surface area contributed by atoms with Crippen LogP contribution < -0.4 is 19.7 Å². The second kappa shape index (κ2) is 8.89. The maximum Gasteiger partial charge on any atom is 0.263 e. The molecule has 4 rings (SSSR count). The fourth-order valence-corrected chi connectivity index (χ4v) is 3.87. The first kappa shape index (κ1) is 22.3. The summed E-state index contributed by atoms with van der Waals surface area (Å²) in [6, 6.07) is 10.3. The molecule has 2 heterocycles. The van der Waals surface area contributed by atoms with Crippen molar-refractivity contribution in [3.05, 3.63) is 48.0 Å². The van der Waals surface area contributed by atoms with Crippen molar-refractivity contribution in [1.82, 2.24) is 5.01 Å². The molecule has 0 unspecified atom stereocenters. The van der Waals surface area contributed by atoms with E-state index in [0.29, 0.717) is 28.8 Å². The standard InChI is InChI=1S/C23H25N5O5/c1-13(2)14-5-7-15(8-6-14)24-19(29)12-27-21-20(25-26-27)22(30)28(23(21)31)16-9-10-17(32-3)18(11-16)33-4/h5-11,13,20-21H,12H2,1-4H3,(H,24,29)/t20-,21-/m0/s1. The van der Waals surface area contributed by atoms with E-state index >= 15 is 0 Å². The topological polar surface area (TPSA) is 113 Å². The molecule has 2 aliphatic rings. The molecule has 0 spiro atoms. The van der Waals surface area contributed by atoms with Gasteiger partial charge in [0.25, 0.3) is 11.8 Å². The molecule has 0 aliphatic carbocycles. The number of carbonyl (C=O) groups excluding carboxylic acids is 3. The molecule has 1 fully saturated rings. The number of ether oxygens (including phenoxy) is 2. The Bertz CT molecular complexity index is 1110. The summed E-state index contributed by atoms with van der Waals surface area (Å²) < 4.78 is 10.5. The molecule has 0 radical (unpaired) electrons. The smallest absolute Gasteiger partial charge is 0.263 e. The molecule has 1 N–H and O–H groups in total. The third-order valence-corrected chi connectivity index (χ3v) is 5.65. The molecular weight excluding hydrogens is 426 g/mol. The van der Waals surface area contributed by atoms with Gasteiger partial charge in [0.2, 0.25) is 5.91 Å². The summed E-state index contributed by atoms with van der Waals surface area (Å²) in [4.78, 5) is 39.7. The van der Waals surface area contributed by atoms with Crippen LogP contribution in [0.3, 0.4) is 0 Å². The van der Waals surface area contributed by atoms with E-state index in [4.69, 9.17) is 9.47 Å². The number of hydrogen-bond donors (Lipinski definition) is 1. The number of benzene rings is 2. The molecule has 2 aromatic carbocycles. The van der Waals surface area contributed by atoms with E-state index in [1.165, 1.54) is 19.2 Å². The molecule has 2 aromatic rings. The number of amides is 3. The van der Waals surface area contributed by atoms with Crippen LogP contribution in [0.2, 0.25) is 0 Å². The maximum atomic E-state index is 13.1. The number of carbonyl (C=O) groups is 3. The van der Waals surface area contributed by atoms with Crippen molar-refractivity contribution < 1.29 is 23.9 Å². The summed E-state index contributed by atoms with van der Waals surface area (Å²) >= 11 is 0. The van der Waals surface area contributed by atoms with Crippen molar-refractivity contribution in [2.75, 3.05) is 31.0 Å². The van der Waals surface area contributed by atoms with Crippen LogP contribution in [0.15, 0.2) is 52.8 Å². The van der Waals surface area contributed by atoms with E-state index in [1.54, 1.807) is 18.2 Å². The van der Waals surface area contributed by atoms with Gasteiger partial charge in [0.15, 0.2) is 23.6 Å². The summed E-state index contributed by atoms with van der Waals surface area (Å²) in [5.74, 6) is -0.133. The van der Waals surface area contributed by atoms with Crippen molar-refractivity contribution in [3.63, 3.8) is 0 Å². The Hall–Kier alpha value is -3.95. The van der Waals surface area contributed by atoms with Crippen molar-refractivity contribution >= 4 is 29.1 Å². The number of nitrogens with one attached hydrogen (secondary N) is 1. The highest BCUT2D eigenvalue weighted by molar-refractivity contribution is 6.25. The zero-order valence-corrected chi connectivity index (χ0v) is 18.8. The van der Waals surface area contributed by atoms with Gasteiger partial charge >= 0.3 is 0 Å². The number of hydrogen-bond acceptors (Lipinski definition) is 8. The number of imide groups is 1. The fraction of sp³-hybridized carbons (Fsp3) is 0.348. The molecule has 10 nitrogen and oxygen atoms in total. The van der Waals surface area contributed by atoms with Gasteiger partial charge in [-0.05, 0) is 35.7 Å². The van der Waals surface area contributed by atoms with E-state index in [9.17, 15) is 14.4 Å². The van der Waals surface area contributed by atoms with Gasteiger partial charge in [-0.2, -0.15) is 5.11 Å². The minimum atomic E-state index is -0.997. The van der Waals surface area contributed by atoms with Crippen LogP contribution in [0.5, 0.6) is 11.5 Å². The van der Waals surface area contributed by atoms with Crippen molar-refractivity contribution in [2.24, 2.45) is 10.3 Å². The first-order valence-corrected chi connectivity index (χ1v) is 10.5. The Labute approximate surface area is 191 Å². The van der Waals surface area contributed by atoms with Crippen LogP contribution in [0.25, 0.3) is 0 Å². The maximum absolute atomic E-state index is 13.1. The van der Waals surface area contributed by atoms with Gasteiger partial charge < -0.3 is 14.8 Å². The van der Waals surface area contributed by atoms with Gasteiger partial charge in [0, 0.05) is 11.8 Å². The minimum Gasteiger partial charge on any atom is -0.493 e. The van der Waals surface area contributed by atoms with Crippen molar-refractivity contribution in [1.29, 1.82) is 0 Å². The first-order valence-electron chi connectivity index (χ1n) is 10.5. The Kier molecular flexibility index (Phi) is 5.99. The van der Waals surface area contributed by atoms with E-state index in [-0.39, 0.29) is 12.5 Å². The summed E-state index contributed by atoms with van der Waals surface area (Å²) in [6.07, 6.45) is 0. The highest BCUT2D eigenvalue weighted by Gasteiger charge is 2.55. The largest absolute Gasteiger partial charge is 0.493 e. The molecule has 2 atom stereocenters. The minimum absolute atomic E-state index is 0.213. The van der Waals surface area contributed by atoms with Crippen LogP contribution in [0, 0.1) is 0 Å². The second-order valence-corrected chi connectivity index (χ2v) is 8.07. The van der Waals surface area contributed by atoms with Crippen LogP contribution >= 0.6 is 0 Å². The third kappa shape index (κ3) is 4.11. The summed E-state index contributed by atoms with van der Waals surface area (Å²) in [5, 5.41) is 11.9. The van der Waals surface area contributed by atoms with E-state index in [1.807, 2.05) is 24.3 Å². The summed E-state index contributed by atoms with van der Waals surface area (Å²) in [6.45, 7) is 3.97. The van der Waals surface area contributed by atoms with Gasteiger partial charge in [-0.15, -0.1) is 0 Å². The molecule has 10 heteroatoms. The number of anilines is 2. The lowest BCUT2D eigenvalue weighted by Crippen LogP contribution is -2.43. The van der Waals surface area contributed by atoms with E-state index in [2.05, 4.69) is 29.5 Å². The molecule has 0 saturated carbocycles. The second-order valence-electron chi connectivity index (χ2n) is 8.07. The molecular formula is C23H25N5O5. The van der Waals surface area contributed by atoms with E-state index in [0.717, 1.165) is 10.5 Å². The number of methoxy groups -OCH3 is 2. The van der Waals surface area contributed by atoms with Crippen LogP contribution in [0.1, 0.15) is 25.3 Å². The highest BCUT2D eigenvalue weighted by Crippen LogP contribution is 2.36. The highest BCUT2D eigenvalue weighted by atomic mass is 16.5. The Morgan fingerprint density at radius 3 is 2.36 bits per heavy atom. The fourth-order valence-electron chi connectivity index (χ4n) is 3.87. The van der Waals surface area contributed by atoms with Gasteiger partial charge in [0.05, 0.1) is 19.9 Å². The van der Waals surface area contributed by atoms with Gasteiger partial charge in [-0.25, -0.2) is 4.90 Å². The van der Waals surface area contributed by atoms with E-state index < -0.39 is 23.9 Å². The molecule has 1 saturated heterocycles. The summed E-state index contributed by atoms with van der Waals surface area (Å²) in [7, 11) is 2.96. The van der Waals surface area contributed by atoms with Crippen LogP contribution in [0.4, 0.5) is 11.4 Å².